The van der Waals surface area contributed by atoms with Crippen molar-refractivity contribution in [1.82, 2.24) is 15.5 Å². The van der Waals surface area contributed by atoms with E-state index < -0.39 is 0 Å². The first-order valence-corrected chi connectivity index (χ1v) is 7.22. The quantitative estimate of drug-likeness (QED) is 0.869. The third-order valence-electron chi connectivity index (χ3n) is 3.13. The number of carbonyl (C=O) groups is 1. The monoisotopic (exact) mass is 268 g/mol. The Bertz CT molecular complexity index is 418. The predicted octanol–water partition coefficient (Wildman–Crippen LogP) is 1.53. The van der Waals surface area contributed by atoms with Crippen molar-refractivity contribution in [1.29, 1.82) is 0 Å². The fraction of sp³-hybridized carbons (Fsp3) is 0.750. The van der Waals surface area contributed by atoms with Gasteiger partial charge in [0.15, 0.2) is 0 Å². The lowest BCUT2D eigenvalue weighted by Gasteiger charge is -2.12. The lowest BCUT2D eigenvalue weighted by atomic mass is 9.97. The molecule has 18 heavy (non-hydrogen) atoms. The van der Waals surface area contributed by atoms with Crippen molar-refractivity contribution in [3.05, 3.63) is 5.01 Å². The summed E-state index contributed by atoms with van der Waals surface area (Å²) in [4.78, 5) is 12.0. The molecule has 2 heterocycles. The molecule has 1 aliphatic heterocycles. The number of amides is 1. The van der Waals surface area contributed by atoms with Gasteiger partial charge in [0.2, 0.25) is 11.0 Å². The molecule has 1 aliphatic rings. The van der Waals surface area contributed by atoms with Crippen molar-refractivity contribution in [3.63, 3.8) is 0 Å². The molecule has 1 saturated heterocycles. The van der Waals surface area contributed by atoms with E-state index in [1.807, 2.05) is 0 Å². The van der Waals surface area contributed by atoms with E-state index in [0.29, 0.717) is 17.0 Å². The maximum Gasteiger partial charge on any atom is 0.230 e. The minimum atomic E-state index is 0.0439. The minimum Gasteiger partial charge on any atom is -0.316 e. The fourth-order valence-corrected chi connectivity index (χ4v) is 3.05. The first-order valence-electron chi connectivity index (χ1n) is 6.40. The third kappa shape index (κ3) is 3.26. The van der Waals surface area contributed by atoms with Crippen LogP contribution in [-0.2, 0) is 11.2 Å². The second kappa shape index (κ2) is 5.75. The molecule has 2 unspecified atom stereocenters. The standard InChI is InChI=1S/C12H20N4OS/c1-7(2)4-10-15-16-12(18-10)14-11(17)9-6-13-5-8(9)3/h7-9,13H,4-6H2,1-3H3,(H,14,16,17). The van der Waals surface area contributed by atoms with Gasteiger partial charge in [0.1, 0.15) is 5.01 Å². The van der Waals surface area contributed by atoms with E-state index >= 15 is 0 Å². The van der Waals surface area contributed by atoms with Crippen LogP contribution in [0.15, 0.2) is 0 Å². The number of hydrogen-bond donors (Lipinski definition) is 2. The average Bonchev–Trinajstić information content (AvgIpc) is 2.87. The minimum absolute atomic E-state index is 0.0439. The summed E-state index contributed by atoms with van der Waals surface area (Å²) in [5.74, 6) is 1.04. The van der Waals surface area contributed by atoms with Gasteiger partial charge < -0.3 is 10.6 Å². The van der Waals surface area contributed by atoms with Gasteiger partial charge >= 0.3 is 0 Å². The van der Waals surface area contributed by atoms with Crippen LogP contribution in [0.4, 0.5) is 5.13 Å². The molecule has 0 spiro atoms. The Labute approximate surface area is 111 Å². The third-order valence-corrected chi connectivity index (χ3v) is 4.00. The second-order valence-corrected chi connectivity index (χ2v) is 6.39. The molecule has 0 radical (unpaired) electrons. The van der Waals surface area contributed by atoms with Gasteiger partial charge in [-0.1, -0.05) is 32.1 Å². The lowest BCUT2D eigenvalue weighted by Crippen LogP contribution is -2.27. The molecule has 2 N–H and O–H groups in total. The maximum absolute atomic E-state index is 12.0. The SMILES string of the molecule is CC(C)Cc1nnc(NC(=O)C2CNCC2C)s1. The number of hydrogen-bond acceptors (Lipinski definition) is 5. The molecule has 1 aromatic heterocycles. The summed E-state index contributed by atoms with van der Waals surface area (Å²) in [7, 11) is 0. The Kier molecular flexibility index (Phi) is 4.29. The van der Waals surface area contributed by atoms with E-state index in [1.165, 1.54) is 11.3 Å². The van der Waals surface area contributed by atoms with Crippen molar-refractivity contribution < 1.29 is 4.79 Å². The molecule has 2 atom stereocenters. The molecule has 1 aromatic rings. The summed E-state index contributed by atoms with van der Waals surface area (Å²) in [5.41, 5.74) is 0. The Balaban J connectivity index is 1.92. The van der Waals surface area contributed by atoms with Gasteiger partial charge in [0, 0.05) is 13.0 Å². The van der Waals surface area contributed by atoms with Crippen molar-refractivity contribution in [3.8, 4) is 0 Å². The second-order valence-electron chi connectivity index (χ2n) is 5.33. The topological polar surface area (TPSA) is 66.9 Å². The van der Waals surface area contributed by atoms with E-state index in [9.17, 15) is 4.79 Å². The summed E-state index contributed by atoms with van der Waals surface area (Å²) in [6, 6.07) is 0. The molecular weight excluding hydrogens is 248 g/mol. The summed E-state index contributed by atoms with van der Waals surface area (Å²) in [6.45, 7) is 8.04. The Morgan fingerprint density at radius 2 is 2.28 bits per heavy atom. The van der Waals surface area contributed by atoms with Crippen LogP contribution in [-0.4, -0.2) is 29.2 Å². The highest BCUT2D eigenvalue weighted by Gasteiger charge is 2.30. The number of nitrogens with zero attached hydrogens (tertiary/aromatic N) is 2. The van der Waals surface area contributed by atoms with Gasteiger partial charge in [0.25, 0.3) is 0 Å². The van der Waals surface area contributed by atoms with Crippen LogP contribution < -0.4 is 10.6 Å². The molecule has 0 aromatic carbocycles. The Hall–Kier alpha value is -1.01. The first kappa shape index (κ1) is 13.4. The van der Waals surface area contributed by atoms with Crippen molar-refractivity contribution in [2.45, 2.75) is 27.2 Å². The summed E-state index contributed by atoms with van der Waals surface area (Å²) in [6.07, 6.45) is 0.912. The summed E-state index contributed by atoms with van der Waals surface area (Å²) >= 11 is 1.47. The highest BCUT2D eigenvalue weighted by Crippen LogP contribution is 2.21. The molecule has 0 saturated carbocycles. The molecular formula is C12H20N4OS. The van der Waals surface area contributed by atoms with Crippen LogP contribution in [0.3, 0.4) is 0 Å². The van der Waals surface area contributed by atoms with Crippen LogP contribution in [0.2, 0.25) is 0 Å². The van der Waals surface area contributed by atoms with E-state index in [-0.39, 0.29) is 11.8 Å². The fourth-order valence-electron chi connectivity index (χ4n) is 2.09. The largest absolute Gasteiger partial charge is 0.316 e. The average molecular weight is 268 g/mol. The number of rotatable bonds is 4. The molecule has 100 valence electrons. The van der Waals surface area contributed by atoms with E-state index in [4.69, 9.17) is 0 Å². The van der Waals surface area contributed by atoms with Crippen molar-refractivity contribution in [2.24, 2.45) is 17.8 Å². The van der Waals surface area contributed by atoms with Gasteiger partial charge in [-0.25, -0.2) is 0 Å². The van der Waals surface area contributed by atoms with Gasteiger partial charge in [-0.3, -0.25) is 4.79 Å². The number of anilines is 1. The zero-order valence-corrected chi connectivity index (χ0v) is 11.9. The van der Waals surface area contributed by atoms with Gasteiger partial charge in [0.05, 0.1) is 5.92 Å². The van der Waals surface area contributed by atoms with Crippen LogP contribution in [0.1, 0.15) is 25.8 Å². The number of carbonyl (C=O) groups excluding carboxylic acids is 1. The highest BCUT2D eigenvalue weighted by molar-refractivity contribution is 7.15. The zero-order chi connectivity index (χ0) is 13.1. The molecule has 2 rings (SSSR count). The molecule has 0 aliphatic carbocycles. The maximum atomic E-state index is 12.0. The summed E-state index contributed by atoms with van der Waals surface area (Å²) < 4.78 is 0. The smallest absolute Gasteiger partial charge is 0.230 e. The van der Waals surface area contributed by atoms with Crippen LogP contribution >= 0.6 is 11.3 Å². The predicted molar refractivity (Wildman–Crippen MR) is 72.6 cm³/mol. The van der Waals surface area contributed by atoms with Crippen LogP contribution in [0, 0.1) is 17.8 Å². The lowest BCUT2D eigenvalue weighted by molar-refractivity contribution is -0.120. The van der Waals surface area contributed by atoms with E-state index in [2.05, 4.69) is 41.6 Å². The van der Waals surface area contributed by atoms with Gasteiger partial charge in [-0.05, 0) is 18.4 Å². The van der Waals surface area contributed by atoms with Gasteiger partial charge in [-0.15, -0.1) is 10.2 Å². The molecule has 6 heteroatoms. The normalized spacial score (nSPS) is 23.6. The summed E-state index contributed by atoms with van der Waals surface area (Å²) in [5, 5.41) is 15.8. The van der Waals surface area contributed by atoms with Crippen molar-refractivity contribution >= 4 is 22.4 Å². The molecule has 0 bridgehead atoms. The molecule has 5 nitrogen and oxygen atoms in total. The zero-order valence-electron chi connectivity index (χ0n) is 11.1. The van der Waals surface area contributed by atoms with Crippen molar-refractivity contribution in [2.75, 3.05) is 18.4 Å². The first-order chi connectivity index (χ1) is 8.56. The number of aromatic nitrogens is 2. The van der Waals surface area contributed by atoms with Gasteiger partial charge in [-0.2, -0.15) is 0 Å². The number of nitrogens with one attached hydrogen (secondary N) is 2. The van der Waals surface area contributed by atoms with Crippen LogP contribution in [0.25, 0.3) is 0 Å². The molecule has 1 fully saturated rings. The Morgan fingerprint density at radius 1 is 1.50 bits per heavy atom. The van der Waals surface area contributed by atoms with Crippen LogP contribution in [0.5, 0.6) is 0 Å². The molecule has 1 amide bonds. The Morgan fingerprint density at radius 3 is 2.89 bits per heavy atom. The van der Waals surface area contributed by atoms with E-state index in [1.54, 1.807) is 0 Å². The van der Waals surface area contributed by atoms with E-state index in [0.717, 1.165) is 24.5 Å². The highest BCUT2D eigenvalue weighted by atomic mass is 32.1.